The summed E-state index contributed by atoms with van der Waals surface area (Å²) in [5.41, 5.74) is 1.39. The molecule has 0 aliphatic heterocycles. The van der Waals surface area contributed by atoms with Crippen molar-refractivity contribution in [3.8, 4) is 17.2 Å². The zero-order valence-corrected chi connectivity index (χ0v) is 20.5. The molecule has 0 aliphatic carbocycles. The number of ether oxygens (including phenoxy) is 3. The molecule has 1 unspecified atom stereocenters. The summed E-state index contributed by atoms with van der Waals surface area (Å²) >= 11 is 0. The van der Waals surface area contributed by atoms with Gasteiger partial charge in [0.1, 0.15) is 0 Å². The molecule has 2 rings (SSSR count). The van der Waals surface area contributed by atoms with Crippen LogP contribution in [-0.4, -0.2) is 62.0 Å². The van der Waals surface area contributed by atoms with E-state index in [9.17, 15) is 9.90 Å². The molecule has 32 heavy (non-hydrogen) atoms. The van der Waals surface area contributed by atoms with Gasteiger partial charge in [-0.1, -0.05) is 30.3 Å². The Bertz CT molecular complexity index is 830. The van der Waals surface area contributed by atoms with E-state index >= 15 is 0 Å². The number of nitrogens with zero attached hydrogens (tertiary/aromatic N) is 1. The first-order valence-electron chi connectivity index (χ1n) is 10.2. The molecular weight excluding hydrogens is 432 g/mol. The Labute approximate surface area is 197 Å². The summed E-state index contributed by atoms with van der Waals surface area (Å²) in [6.45, 7) is 7.58. The lowest BCUT2D eigenvalue weighted by molar-refractivity contribution is 0.0512. The second-order valence-corrected chi connectivity index (χ2v) is 8.31. The minimum absolute atomic E-state index is 0. The highest BCUT2D eigenvalue weighted by molar-refractivity contribution is 5.95. The van der Waals surface area contributed by atoms with Crippen molar-refractivity contribution < 1.29 is 24.1 Å². The van der Waals surface area contributed by atoms with Crippen LogP contribution in [0.2, 0.25) is 0 Å². The summed E-state index contributed by atoms with van der Waals surface area (Å²) in [5, 5.41) is 13.4. The maximum absolute atomic E-state index is 12.7. The largest absolute Gasteiger partial charge is 0.493 e. The first-order valence-corrected chi connectivity index (χ1v) is 10.2. The van der Waals surface area contributed by atoms with Crippen molar-refractivity contribution in [1.82, 2.24) is 10.2 Å². The fourth-order valence-corrected chi connectivity index (χ4v) is 3.22. The molecule has 7 nitrogen and oxygen atoms in total. The molecule has 1 amide bonds. The smallest absolute Gasteiger partial charge is 0.251 e. The van der Waals surface area contributed by atoms with Gasteiger partial charge >= 0.3 is 0 Å². The molecule has 0 spiro atoms. The minimum atomic E-state index is -0.728. The maximum Gasteiger partial charge on any atom is 0.251 e. The summed E-state index contributed by atoms with van der Waals surface area (Å²) < 4.78 is 15.9. The summed E-state index contributed by atoms with van der Waals surface area (Å²) in [5.74, 6) is 0.885. The van der Waals surface area contributed by atoms with Crippen molar-refractivity contribution in [3.63, 3.8) is 0 Å². The van der Waals surface area contributed by atoms with E-state index in [4.69, 9.17) is 14.2 Å². The highest BCUT2D eigenvalue weighted by atomic mass is 35.5. The molecule has 0 aliphatic rings. The Morgan fingerprint density at radius 3 is 2.06 bits per heavy atom. The minimum Gasteiger partial charge on any atom is -0.493 e. The van der Waals surface area contributed by atoms with Crippen LogP contribution in [0.5, 0.6) is 17.2 Å². The van der Waals surface area contributed by atoms with E-state index in [1.807, 2.05) is 18.2 Å². The molecule has 2 aromatic rings. The Morgan fingerprint density at radius 1 is 1.03 bits per heavy atom. The zero-order valence-electron chi connectivity index (χ0n) is 19.7. The molecule has 0 aromatic heterocycles. The molecule has 0 radical (unpaired) electrons. The molecule has 2 aromatic carbocycles. The van der Waals surface area contributed by atoms with Crippen LogP contribution in [0.3, 0.4) is 0 Å². The lowest BCUT2D eigenvalue weighted by Gasteiger charge is -2.37. The standard InChI is InChI=1S/C24H34N2O5.ClH/c1-24(2,3)26(15-17-10-8-7-9-11-17)16-19(27)14-25-23(28)18-12-20(29-4)22(31-6)21(13-18)30-5;/h7-13,19,27H,14-16H2,1-6H3,(H,25,28);1H. The van der Waals surface area contributed by atoms with Gasteiger partial charge in [0.05, 0.1) is 27.4 Å². The number of amides is 1. The number of aliphatic hydroxyl groups is 1. The average molecular weight is 467 g/mol. The van der Waals surface area contributed by atoms with Gasteiger partial charge < -0.3 is 24.6 Å². The first-order chi connectivity index (χ1) is 14.7. The molecule has 8 heteroatoms. The Balaban J connectivity index is 0.00000512. The number of methoxy groups -OCH3 is 3. The summed E-state index contributed by atoms with van der Waals surface area (Å²) in [4.78, 5) is 14.9. The third-order valence-electron chi connectivity index (χ3n) is 5.02. The van der Waals surface area contributed by atoms with Gasteiger partial charge in [0, 0.05) is 30.7 Å². The molecule has 0 heterocycles. The Hall–Kier alpha value is -2.48. The third kappa shape index (κ3) is 7.58. The van der Waals surface area contributed by atoms with E-state index in [2.05, 4.69) is 43.1 Å². The molecule has 0 saturated carbocycles. The van der Waals surface area contributed by atoms with Gasteiger partial charge in [0.2, 0.25) is 5.75 Å². The molecular formula is C24H35ClN2O5. The SMILES string of the molecule is COc1cc(C(=O)NCC(O)CN(Cc2ccccc2)C(C)(C)C)cc(OC)c1OC.Cl. The van der Waals surface area contributed by atoms with E-state index < -0.39 is 6.10 Å². The quantitative estimate of drug-likeness (QED) is 0.557. The van der Waals surface area contributed by atoms with Crippen LogP contribution in [0.15, 0.2) is 42.5 Å². The topological polar surface area (TPSA) is 80.3 Å². The highest BCUT2D eigenvalue weighted by Gasteiger charge is 2.24. The average Bonchev–Trinajstić information content (AvgIpc) is 2.75. The van der Waals surface area contributed by atoms with Crippen molar-refractivity contribution in [2.45, 2.75) is 39.0 Å². The molecule has 2 N–H and O–H groups in total. The van der Waals surface area contributed by atoms with Crippen LogP contribution in [0.4, 0.5) is 0 Å². The van der Waals surface area contributed by atoms with E-state index in [0.717, 1.165) is 0 Å². The van der Waals surface area contributed by atoms with Crippen LogP contribution in [0.1, 0.15) is 36.7 Å². The predicted molar refractivity (Wildman–Crippen MR) is 128 cm³/mol. The van der Waals surface area contributed by atoms with Crippen molar-refractivity contribution in [3.05, 3.63) is 53.6 Å². The second kappa shape index (κ2) is 12.5. The predicted octanol–water partition coefficient (Wildman–Crippen LogP) is 3.53. The number of benzene rings is 2. The van der Waals surface area contributed by atoms with Gasteiger partial charge in [-0.2, -0.15) is 0 Å². The summed E-state index contributed by atoms with van der Waals surface area (Å²) in [6, 6.07) is 13.3. The number of carbonyl (C=O) groups is 1. The van der Waals surface area contributed by atoms with Gasteiger partial charge in [0.25, 0.3) is 5.91 Å². The van der Waals surface area contributed by atoms with E-state index in [1.54, 1.807) is 12.1 Å². The van der Waals surface area contributed by atoms with E-state index in [-0.39, 0.29) is 30.4 Å². The molecule has 0 bridgehead atoms. The molecule has 0 saturated heterocycles. The van der Waals surface area contributed by atoms with Crippen molar-refractivity contribution in [2.24, 2.45) is 0 Å². The van der Waals surface area contributed by atoms with Gasteiger partial charge in [-0.25, -0.2) is 0 Å². The van der Waals surface area contributed by atoms with Gasteiger partial charge in [0.15, 0.2) is 11.5 Å². The van der Waals surface area contributed by atoms with Crippen LogP contribution >= 0.6 is 12.4 Å². The normalized spacial score (nSPS) is 12.0. The fourth-order valence-electron chi connectivity index (χ4n) is 3.22. The number of β-amino-alcohol motifs (C(OH)–C–C–N with tert-alkyl or cyclic N) is 1. The summed E-state index contributed by atoms with van der Waals surface area (Å²) in [6.07, 6.45) is -0.728. The lowest BCUT2D eigenvalue weighted by atomic mass is 10.0. The molecule has 178 valence electrons. The van der Waals surface area contributed by atoms with Crippen LogP contribution in [0.25, 0.3) is 0 Å². The Morgan fingerprint density at radius 2 is 1.59 bits per heavy atom. The number of hydrogen-bond donors (Lipinski definition) is 2. The maximum atomic E-state index is 12.7. The lowest BCUT2D eigenvalue weighted by Crippen LogP contribution is -2.47. The number of nitrogens with one attached hydrogen (secondary N) is 1. The van der Waals surface area contributed by atoms with E-state index in [0.29, 0.717) is 35.9 Å². The number of rotatable bonds is 10. The highest BCUT2D eigenvalue weighted by Crippen LogP contribution is 2.38. The fraction of sp³-hybridized carbons (Fsp3) is 0.458. The zero-order chi connectivity index (χ0) is 23.0. The van der Waals surface area contributed by atoms with Crippen molar-refractivity contribution >= 4 is 18.3 Å². The summed E-state index contributed by atoms with van der Waals surface area (Å²) in [7, 11) is 4.50. The first kappa shape index (κ1) is 27.6. The van der Waals surface area contributed by atoms with Gasteiger partial charge in [-0.3, -0.25) is 9.69 Å². The molecule has 0 fully saturated rings. The van der Waals surface area contributed by atoms with Crippen molar-refractivity contribution in [2.75, 3.05) is 34.4 Å². The second-order valence-electron chi connectivity index (χ2n) is 8.31. The van der Waals surface area contributed by atoms with E-state index in [1.165, 1.54) is 26.9 Å². The molecule has 1 atom stereocenters. The monoisotopic (exact) mass is 466 g/mol. The number of carbonyl (C=O) groups excluding carboxylic acids is 1. The third-order valence-corrected chi connectivity index (χ3v) is 5.02. The number of aliphatic hydroxyl groups excluding tert-OH is 1. The number of hydrogen-bond acceptors (Lipinski definition) is 6. The van der Waals surface area contributed by atoms with Gasteiger partial charge in [-0.15, -0.1) is 12.4 Å². The van der Waals surface area contributed by atoms with Crippen LogP contribution < -0.4 is 19.5 Å². The van der Waals surface area contributed by atoms with Gasteiger partial charge in [-0.05, 0) is 38.5 Å². The van der Waals surface area contributed by atoms with Crippen LogP contribution in [0, 0.1) is 0 Å². The Kier molecular flexibility index (Phi) is 10.8. The van der Waals surface area contributed by atoms with Crippen LogP contribution in [-0.2, 0) is 6.54 Å². The van der Waals surface area contributed by atoms with Crippen molar-refractivity contribution in [1.29, 1.82) is 0 Å². The number of halogens is 1.